The zero-order valence-electron chi connectivity index (χ0n) is 6.88. The quantitative estimate of drug-likeness (QED) is 0.592. The Morgan fingerprint density at radius 1 is 1.14 bits per heavy atom. The van der Waals surface area contributed by atoms with Crippen LogP contribution in [0.3, 0.4) is 0 Å². The summed E-state index contributed by atoms with van der Waals surface area (Å²) in [5.41, 5.74) is 1.08. The summed E-state index contributed by atoms with van der Waals surface area (Å²) < 4.78 is 0. The Morgan fingerprint density at radius 2 is 1.86 bits per heavy atom. The first-order valence-corrected chi connectivity index (χ1v) is 4.75. The maximum Gasteiger partial charge on any atom is 0.259 e. The van der Waals surface area contributed by atoms with E-state index in [4.69, 9.17) is 23.2 Å². The molecule has 0 saturated heterocycles. The molecule has 0 spiro atoms. The molecule has 0 fully saturated rings. The summed E-state index contributed by atoms with van der Waals surface area (Å²) in [6, 6.07) is 4.83. The predicted molar refractivity (Wildman–Crippen MR) is 52.7 cm³/mol. The Hall–Kier alpha value is -1.06. The molecule has 0 radical (unpaired) electrons. The van der Waals surface area contributed by atoms with Crippen LogP contribution in [0, 0.1) is 0 Å². The van der Waals surface area contributed by atoms with Crippen molar-refractivity contribution in [2.75, 3.05) is 0 Å². The van der Waals surface area contributed by atoms with E-state index in [9.17, 15) is 9.59 Å². The largest absolute Gasteiger partial charge is 0.288 e. The van der Waals surface area contributed by atoms with E-state index in [-0.39, 0.29) is 5.56 Å². The number of halogens is 2. The predicted octanol–water partition coefficient (Wildman–Crippen LogP) is 2.05. The van der Waals surface area contributed by atoms with Crippen molar-refractivity contribution in [1.29, 1.82) is 0 Å². The number of carbonyl (C=O) groups is 2. The number of carbonyl (C=O) groups excluding carboxylic acids is 2. The van der Waals surface area contributed by atoms with Gasteiger partial charge in [0.2, 0.25) is 0 Å². The highest BCUT2D eigenvalue weighted by Gasteiger charge is 2.30. The summed E-state index contributed by atoms with van der Waals surface area (Å²) in [7, 11) is 0. The molecule has 1 N–H and O–H groups in total. The number of hydrogen-bond acceptors (Lipinski definition) is 2. The van der Waals surface area contributed by atoms with Crippen molar-refractivity contribution in [3.05, 3.63) is 34.9 Å². The molecule has 2 amide bonds. The van der Waals surface area contributed by atoms with Gasteiger partial charge in [0.15, 0.2) is 0 Å². The van der Waals surface area contributed by atoms with Crippen LogP contribution in [0.2, 0.25) is 0 Å². The van der Waals surface area contributed by atoms with Crippen LogP contribution in [-0.2, 0) is 0 Å². The molecule has 0 atom stereocenters. The second-order valence-corrected chi connectivity index (χ2v) is 3.95. The Balaban J connectivity index is 2.68. The molecule has 1 aliphatic heterocycles. The molecule has 0 saturated carbocycles. The molecule has 0 aromatic heterocycles. The number of imide groups is 1. The van der Waals surface area contributed by atoms with Gasteiger partial charge in [0.1, 0.15) is 4.84 Å². The van der Waals surface area contributed by atoms with Crippen molar-refractivity contribution in [3.8, 4) is 0 Å². The lowest BCUT2D eigenvalue weighted by atomic mass is 10.0. The Kier molecular flexibility index (Phi) is 2.21. The van der Waals surface area contributed by atoms with Gasteiger partial charge in [0, 0.05) is 0 Å². The molecule has 1 heterocycles. The van der Waals surface area contributed by atoms with Crippen LogP contribution < -0.4 is 5.32 Å². The molecule has 3 nitrogen and oxygen atoms in total. The number of rotatable bonds is 1. The summed E-state index contributed by atoms with van der Waals surface area (Å²) >= 11 is 11.3. The first-order chi connectivity index (χ1) is 6.61. The monoisotopic (exact) mass is 229 g/mol. The van der Waals surface area contributed by atoms with Gasteiger partial charge in [-0.05, 0) is 11.6 Å². The number of nitrogens with one attached hydrogen (secondary N) is 1. The van der Waals surface area contributed by atoms with Crippen LogP contribution in [0.5, 0.6) is 0 Å². The fourth-order valence-electron chi connectivity index (χ4n) is 1.43. The molecule has 0 unspecified atom stereocenters. The highest BCUT2D eigenvalue weighted by Crippen LogP contribution is 2.31. The molecular weight excluding hydrogens is 225 g/mol. The first kappa shape index (κ1) is 9.49. The van der Waals surface area contributed by atoms with E-state index in [2.05, 4.69) is 5.32 Å². The highest BCUT2D eigenvalue weighted by molar-refractivity contribution is 6.44. The maximum atomic E-state index is 11.4. The first-order valence-electron chi connectivity index (χ1n) is 3.88. The summed E-state index contributed by atoms with van der Waals surface area (Å²) in [6.07, 6.45) is 0. The van der Waals surface area contributed by atoms with Crippen molar-refractivity contribution in [1.82, 2.24) is 5.32 Å². The fraction of sp³-hybridized carbons (Fsp3) is 0.111. The molecule has 1 aromatic rings. The van der Waals surface area contributed by atoms with Crippen LogP contribution in [0.15, 0.2) is 18.2 Å². The Bertz CT molecular complexity index is 429. The standard InChI is InChI=1S/C9H5Cl2NO2/c10-7(11)4-2-1-3-5-6(4)9(14)12-8(5)13/h1-3,7H,(H,12,13,14). The minimum Gasteiger partial charge on any atom is -0.288 e. The average molecular weight is 230 g/mol. The Morgan fingerprint density at radius 3 is 2.50 bits per heavy atom. The summed E-state index contributed by atoms with van der Waals surface area (Å²) in [6.45, 7) is 0. The smallest absolute Gasteiger partial charge is 0.259 e. The molecule has 14 heavy (non-hydrogen) atoms. The van der Waals surface area contributed by atoms with E-state index in [0.717, 1.165) is 0 Å². The highest BCUT2D eigenvalue weighted by atomic mass is 35.5. The van der Waals surface area contributed by atoms with Crippen LogP contribution in [-0.4, -0.2) is 11.8 Å². The molecule has 1 aromatic carbocycles. The van der Waals surface area contributed by atoms with Gasteiger partial charge in [-0.15, -0.1) is 23.2 Å². The van der Waals surface area contributed by atoms with Gasteiger partial charge in [0.05, 0.1) is 11.1 Å². The van der Waals surface area contributed by atoms with E-state index >= 15 is 0 Å². The molecule has 72 valence electrons. The lowest BCUT2D eigenvalue weighted by molar-refractivity contribution is 0.0879. The third-order valence-corrected chi connectivity index (χ3v) is 2.50. The molecule has 1 aliphatic rings. The Labute approximate surface area is 90.0 Å². The second kappa shape index (κ2) is 3.26. The van der Waals surface area contributed by atoms with Gasteiger partial charge in [-0.25, -0.2) is 0 Å². The van der Waals surface area contributed by atoms with Gasteiger partial charge < -0.3 is 0 Å². The van der Waals surface area contributed by atoms with Gasteiger partial charge in [-0.1, -0.05) is 12.1 Å². The van der Waals surface area contributed by atoms with Crippen molar-refractivity contribution >= 4 is 35.0 Å². The van der Waals surface area contributed by atoms with E-state index in [1.165, 1.54) is 0 Å². The van der Waals surface area contributed by atoms with Crippen LogP contribution in [0.1, 0.15) is 31.1 Å². The lowest BCUT2D eigenvalue weighted by Gasteiger charge is -2.04. The number of alkyl halides is 2. The lowest BCUT2D eigenvalue weighted by Crippen LogP contribution is -2.20. The zero-order valence-corrected chi connectivity index (χ0v) is 8.39. The topological polar surface area (TPSA) is 46.2 Å². The van der Waals surface area contributed by atoms with Crippen molar-refractivity contribution in [3.63, 3.8) is 0 Å². The van der Waals surface area contributed by atoms with Gasteiger partial charge in [-0.3, -0.25) is 14.9 Å². The summed E-state index contributed by atoms with van der Waals surface area (Å²) in [5.74, 6) is -0.840. The van der Waals surface area contributed by atoms with E-state index in [0.29, 0.717) is 11.1 Å². The molecule has 0 bridgehead atoms. The minimum absolute atomic E-state index is 0.285. The van der Waals surface area contributed by atoms with E-state index < -0.39 is 16.7 Å². The minimum atomic E-state index is -0.804. The molecular formula is C9H5Cl2NO2. The number of amides is 2. The SMILES string of the molecule is O=C1NC(=O)c2c1cccc2C(Cl)Cl. The van der Waals surface area contributed by atoms with Crippen molar-refractivity contribution < 1.29 is 9.59 Å². The zero-order chi connectivity index (χ0) is 10.3. The van der Waals surface area contributed by atoms with Gasteiger partial charge in [-0.2, -0.15) is 0 Å². The van der Waals surface area contributed by atoms with E-state index in [1.807, 2.05) is 0 Å². The average Bonchev–Trinajstić information content (AvgIpc) is 2.43. The van der Waals surface area contributed by atoms with Crippen LogP contribution in [0.25, 0.3) is 0 Å². The van der Waals surface area contributed by atoms with Crippen LogP contribution >= 0.6 is 23.2 Å². The second-order valence-electron chi connectivity index (χ2n) is 2.85. The number of hydrogen-bond donors (Lipinski definition) is 1. The maximum absolute atomic E-state index is 11.4. The third kappa shape index (κ3) is 1.29. The number of benzene rings is 1. The third-order valence-electron chi connectivity index (χ3n) is 2.03. The van der Waals surface area contributed by atoms with Crippen molar-refractivity contribution in [2.24, 2.45) is 0 Å². The van der Waals surface area contributed by atoms with Gasteiger partial charge >= 0.3 is 0 Å². The fourth-order valence-corrected chi connectivity index (χ4v) is 1.79. The van der Waals surface area contributed by atoms with Gasteiger partial charge in [0.25, 0.3) is 11.8 Å². The van der Waals surface area contributed by atoms with E-state index in [1.54, 1.807) is 18.2 Å². The van der Waals surface area contributed by atoms with Crippen LogP contribution in [0.4, 0.5) is 0 Å². The molecule has 5 heteroatoms. The molecule has 0 aliphatic carbocycles. The summed E-state index contributed by atoms with van der Waals surface area (Å²) in [4.78, 5) is 21.8. The summed E-state index contributed by atoms with van der Waals surface area (Å²) in [5, 5.41) is 2.18. The molecule has 2 rings (SSSR count). The number of fused-ring (bicyclic) bond motifs is 1. The normalized spacial score (nSPS) is 14.5. The van der Waals surface area contributed by atoms with Crippen molar-refractivity contribution in [2.45, 2.75) is 4.84 Å².